The molecule has 0 heterocycles. The highest BCUT2D eigenvalue weighted by Crippen LogP contribution is 2.25. The molecule has 0 radical (unpaired) electrons. The van der Waals surface area contributed by atoms with Gasteiger partial charge < -0.3 is 10.6 Å². The smallest absolute Gasteiger partial charge is 0.230 e. The van der Waals surface area contributed by atoms with Crippen LogP contribution in [0.3, 0.4) is 0 Å². The van der Waals surface area contributed by atoms with Gasteiger partial charge in [-0.3, -0.25) is 9.59 Å². The minimum absolute atomic E-state index is 0.0543. The first-order chi connectivity index (χ1) is 10.9. The van der Waals surface area contributed by atoms with E-state index >= 15 is 0 Å². The molecule has 2 aromatic rings. The minimum Gasteiger partial charge on any atom is -0.326 e. The Balaban J connectivity index is 2.07. The van der Waals surface area contributed by atoms with E-state index in [1.54, 1.807) is 18.2 Å². The zero-order chi connectivity index (χ0) is 16.9. The third-order valence-corrected chi connectivity index (χ3v) is 3.54. The Labute approximate surface area is 136 Å². The van der Waals surface area contributed by atoms with Crippen molar-refractivity contribution in [1.29, 1.82) is 0 Å². The standard InChI is InChI=1S/C19H22N2O2/c1-14(22)20-16-10-7-11-17(12-16)21-18(23)19(2,3)13-15-8-5-4-6-9-15/h4-12H,13H2,1-3H3,(H,20,22)(H,21,23). The summed E-state index contributed by atoms with van der Waals surface area (Å²) in [6, 6.07) is 17.1. The summed E-state index contributed by atoms with van der Waals surface area (Å²) in [6.45, 7) is 5.30. The molecule has 0 aromatic heterocycles. The molecule has 0 fully saturated rings. The van der Waals surface area contributed by atoms with Crippen LogP contribution >= 0.6 is 0 Å². The van der Waals surface area contributed by atoms with Crippen LogP contribution in [0.5, 0.6) is 0 Å². The average molecular weight is 310 g/mol. The van der Waals surface area contributed by atoms with E-state index in [0.29, 0.717) is 17.8 Å². The molecule has 0 spiro atoms. The van der Waals surface area contributed by atoms with Crippen LogP contribution in [-0.2, 0) is 16.0 Å². The van der Waals surface area contributed by atoms with Crippen LogP contribution in [0.1, 0.15) is 26.3 Å². The molecule has 0 saturated carbocycles. The summed E-state index contributed by atoms with van der Waals surface area (Å²) in [5.74, 6) is -0.195. The van der Waals surface area contributed by atoms with Crippen molar-refractivity contribution in [3.05, 3.63) is 60.2 Å². The van der Waals surface area contributed by atoms with Crippen LogP contribution in [0.4, 0.5) is 11.4 Å². The molecule has 0 saturated heterocycles. The van der Waals surface area contributed by atoms with Crippen molar-refractivity contribution in [1.82, 2.24) is 0 Å². The molecule has 23 heavy (non-hydrogen) atoms. The number of nitrogens with one attached hydrogen (secondary N) is 2. The van der Waals surface area contributed by atoms with E-state index < -0.39 is 5.41 Å². The lowest BCUT2D eigenvalue weighted by Gasteiger charge is -2.24. The highest BCUT2D eigenvalue weighted by Gasteiger charge is 2.28. The molecule has 2 N–H and O–H groups in total. The van der Waals surface area contributed by atoms with Crippen LogP contribution < -0.4 is 10.6 Å². The van der Waals surface area contributed by atoms with Gasteiger partial charge in [-0.2, -0.15) is 0 Å². The second-order valence-electron chi connectivity index (χ2n) is 6.26. The van der Waals surface area contributed by atoms with E-state index in [1.165, 1.54) is 6.92 Å². The van der Waals surface area contributed by atoms with Crippen LogP contribution in [0, 0.1) is 5.41 Å². The first-order valence-corrected chi connectivity index (χ1v) is 7.60. The fourth-order valence-corrected chi connectivity index (χ4v) is 2.36. The summed E-state index contributed by atoms with van der Waals surface area (Å²) in [7, 11) is 0. The fourth-order valence-electron chi connectivity index (χ4n) is 2.36. The van der Waals surface area contributed by atoms with E-state index in [2.05, 4.69) is 10.6 Å². The first kappa shape index (κ1) is 16.7. The monoisotopic (exact) mass is 310 g/mol. The molecule has 0 aliphatic rings. The van der Waals surface area contributed by atoms with Gasteiger partial charge in [0.1, 0.15) is 0 Å². The van der Waals surface area contributed by atoms with Crippen LogP contribution in [0.15, 0.2) is 54.6 Å². The fraction of sp³-hybridized carbons (Fsp3) is 0.263. The lowest BCUT2D eigenvalue weighted by Crippen LogP contribution is -2.32. The quantitative estimate of drug-likeness (QED) is 0.881. The number of hydrogen-bond acceptors (Lipinski definition) is 2. The summed E-state index contributed by atoms with van der Waals surface area (Å²) >= 11 is 0. The number of hydrogen-bond donors (Lipinski definition) is 2. The summed E-state index contributed by atoms with van der Waals surface area (Å²) < 4.78 is 0. The number of benzene rings is 2. The van der Waals surface area contributed by atoms with E-state index in [1.807, 2.05) is 50.2 Å². The van der Waals surface area contributed by atoms with Crippen LogP contribution in [0.2, 0.25) is 0 Å². The zero-order valence-electron chi connectivity index (χ0n) is 13.7. The number of anilines is 2. The summed E-state index contributed by atoms with van der Waals surface area (Å²) in [6.07, 6.45) is 0.658. The number of carbonyl (C=O) groups is 2. The molecule has 2 aromatic carbocycles. The zero-order valence-corrected chi connectivity index (χ0v) is 13.7. The van der Waals surface area contributed by atoms with Gasteiger partial charge in [-0.05, 0) is 30.2 Å². The maximum Gasteiger partial charge on any atom is 0.230 e. The van der Waals surface area contributed by atoms with Gasteiger partial charge in [0.2, 0.25) is 11.8 Å². The Morgan fingerprint density at radius 3 is 2.13 bits per heavy atom. The molecule has 0 atom stereocenters. The van der Waals surface area contributed by atoms with Gasteiger partial charge in [-0.25, -0.2) is 0 Å². The molecule has 4 heteroatoms. The van der Waals surface area contributed by atoms with E-state index in [4.69, 9.17) is 0 Å². The highest BCUT2D eigenvalue weighted by molar-refractivity contribution is 5.96. The van der Waals surface area contributed by atoms with E-state index in [-0.39, 0.29) is 11.8 Å². The van der Waals surface area contributed by atoms with Gasteiger partial charge in [0.05, 0.1) is 0 Å². The van der Waals surface area contributed by atoms with E-state index in [9.17, 15) is 9.59 Å². The van der Waals surface area contributed by atoms with Gasteiger partial charge in [0, 0.05) is 23.7 Å². The summed E-state index contributed by atoms with van der Waals surface area (Å²) in [5, 5.41) is 5.63. The predicted molar refractivity (Wildman–Crippen MR) is 93.3 cm³/mol. The molecule has 120 valence electrons. The number of amides is 2. The second kappa shape index (κ2) is 7.09. The lowest BCUT2D eigenvalue weighted by molar-refractivity contribution is -0.124. The SMILES string of the molecule is CC(=O)Nc1cccc(NC(=O)C(C)(C)Cc2ccccc2)c1. The molecule has 0 unspecified atom stereocenters. The molecule has 0 aliphatic heterocycles. The Bertz CT molecular complexity index is 694. The molecule has 0 bridgehead atoms. The largest absolute Gasteiger partial charge is 0.326 e. The number of rotatable bonds is 5. The normalized spacial score (nSPS) is 10.9. The third kappa shape index (κ3) is 4.95. The van der Waals surface area contributed by atoms with Crippen molar-refractivity contribution < 1.29 is 9.59 Å². The molecular formula is C19H22N2O2. The highest BCUT2D eigenvalue weighted by atomic mass is 16.2. The van der Waals surface area contributed by atoms with Gasteiger partial charge in [0.15, 0.2) is 0 Å². The van der Waals surface area contributed by atoms with Crippen molar-refractivity contribution in [2.75, 3.05) is 10.6 Å². The third-order valence-electron chi connectivity index (χ3n) is 3.54. The van der Waals surface area contributed by atoms with E-state index in [0.717, 1.165) is 5.56 Å². The minimum atomic E-state index is -0.536. The molecule has 2 amide bonds. The number of carbonyl (C=O) groups excluding carboxylic acids is 2. The van der Waals surface area contributed by atoms with Crippen molar-refractivity contribution in [2.45, 2.75) is 27.2 Å². The van der Waals surface area contributed by atoms with Crippen LogP contribution in [0.25, 0.3) is 0 Å². The predicted octanol–water partition coefficient (Wildman–Crippen LogP) is 3.85. The summed E-state index contributed by atoms with van der Waals surface area (Å²) in [5.41, 5.74) is 1.92. The van der Waals surface area contributed by atoms with Gasteiger partial charge in [-0.15, -0.1) is 0 Å². The van der Waals surface area contributed by atoms with Gasteiger partial charge in [-0.1, -0.05) is 50.2 Å². The van der Waals surface area contributed by atoms with Crippen molar-refractivity contribution >= 4 is 23.2 Å². The maximum atomic E-state index is 12.6. The van der Waals surface area contributed by atoms with Crippen LogP contribution in [-0.4, -0.2) is 11.8 Å². The Morgan fingerprint density at radius 2 is 1.52 bits per heavy atom. The van der Waals surface area contributed by atoms with Crippen molar-refractivity contribution in [3.63, 3.8) is 0 Å². The topological polar surface area (TPSA) is 58.2 Å². The average Bonchev–Trinajstić information content (AvgIpc) is 2.47. The molecule has 2 rings (SSSR count). The second-order valence-corrected chi connectivity index (χ2v) is 6.26. The van der Waals surface area contributed by atoms with Crippen molar-refractivity contribution in [2.24, 2.45) is 5.41 Å². The summed E-state index contributed by atoms with van der Waals surface area (Å²) in [4.78, 5) is 23.7. The lowest BCUT2D eigenvalue weighted by atomic mass is 9.84. The molecule has 0 aliphatic carbocycles. The Morgan fingerprint density at radius 1 is 0.913 bits per heavy atom. The first-order valence-electron chi connectivity index (χ1n) is 7.60. The Kier molecular flexibility index (Phi) is 5.16. The molecule has 4 nitrogen and oxygen atoms in total. The molecular weight excluding hydrogens is 288 g/mol. The van der Waals surface area contributed by atoms with Gasteiger partial charge >= 0.3 is 0 Å². The van der Waals surface area contributed by atoms with Gasteiger partial charge in [0.25, 0.3) is 0 Å². The van der Waals surface area contributed by atoms with Crippen molar-refractivity contribution in [3.8, 4) is 0 Å². The Hall–Kier alpha value is -2.62. The maximum absolute atomic E-state index is 12.6.